The molecule has 2 nitrogen and oxygen atoms in total. The minimum Gasteiger partial charge on any atom is -0.377 e. The predicted molar refractivity (Wildman–Crippen MR) is 64.2 cm³/mol. The van der Waals surface area contributed by atoms with Crippen LogP contribution in [0.4, 0.5) is 4.39 Å². The molecule has 0 bridgehead atoms. The molecule has 0 aromatic heterocycles. The Kier molecular flexibility index (Phi) is 5.74. The van der Waals surface area contributed by atoms with E-state index in [1.54, 1.807) is 18.2 Å². The van der Waals surface area contributed by atoms with Crippen LogP contribution in [0.15, 0.2) is 18.2 Å². The van der Waals surface area contributed by atoms with E-state index in [-0.39, 0.29) is 16.9 Å². The molecule has 1 aromatic carbocycles. The Morgan fingerprint density at radius 1 is 1.44 bits per heavy atom. The van der Waals surface area contributed by atoms with E-state index < -0.39 is 0 Å². The third kappa shape index (κ3) is 4.47. The number of benzene rings is 1. The molecule has 0 atom stereocenters. The van der Waals surface area contributed by atoms with Crippen molar-refractivity contribution in [1.82, 2.24) is 5.32 Å². The normalized spacial score (nSPS) is 11.1. The molecular weight excluding hydrogens is 229 g/mol. The summed E-state index contributed by atoms with van der Waals surface area (Å²) in [5.74, 6) is -0.346. The van der Waals surface area contributed by atoms with Crippen molar-refractivity contribution in [2.24, 2.45) is 0 Å². The Labute approximate surface area is 101 Å². The Morgan fingerprint density at radius 2 is 2.19 bits per heavy atom. The van der Waals surface area contributed by atoms with Gasteiger partial charge >= 0.3 is 0 Å². The van der Waals surface area contributed by atoms with Crippen LogP contribution in [0.5, 0.6) is 0 Å². The summed E-state index contributed by atoms with van der Waals surface area (Å²) in [6.45, 7) is 5.76. The summed E-state index contributed by atoms with van der Waals surface area (Å²) in [5, 5.41) is 3.27. The number of nitrogens with one attached hydrogen (secondary N) is 1. The highest BCUT2D eigenvalue weighted by Crippen LogP contribution is 2.17. The van der Waals surface area contributed by atoms with Crippen LogP contribution >= 0.6 is 11.6 Å². The number of ether oxygens (including phenoxy) is 1. The zero-order valence-electron chi connectivity index (χ0n) is 9.59. The van der Waals surface area contributed by atoms with Crippen LogP contribution in [0.1, 0.15) is 19.4 Å². The lowest BCUT2D eigenvalue weighted by molar-refractivity contribution is 0.0806. The monoisotopic (exact) mass is 245 g/mol. The van der Waals surface area contributed by atoms with Crippen molar-refractivity contribution in [3.63, 3.8) is 0 Å². The summed E-state index contributed by atoms with van der Waals surface area (Å²) in [6.07, 6.45) is 0.227. The SMILES string of the molecule is CC(C)OCCNCc1cccc(Cl)c1F. The lowest BCUT2D eigenvalue weighted by Crippen LogP contribution is -2.21. The maximum Gasteiger partial charge on any atom is 0.146 e. The summed E-state index contributed by atoms with van der Waals surface area (Å²) in [5.41, 5.74) is 0.581. The molecule has 0 aliphatic heterocycles. The summed E-state index contributed by atoms with van der Waals surface area (Å²) < 4.78 is 18.8. The second-order valence-electron chi connectivity index (χ2n) is 3.81. The molecule has 90 valence electrons. The molecule has 4 heteroatoms. The van der Waals surface area contributed by atoms with Gasteiger partial charge in [0.1, 0.15) is 5.82 Å². The molecule has 0 unspecified atom stereocenters. The Bertz CT molecular complexity index is 331. The van der Waals surface area contributed by atoms with Gasteiger partial charge in [0, 0.05) is 18.7 Å². The van der Waals surface area contributed by atoms with E-state index >= 15 is 0 Å². The van der Waals surface area contributed by atoms with Crippen LogP contribution < -0.4 is 5.32 Å². The first-order valence-corrected chi connectivity index (χ1v) is 5.74. The second-order valence-corrected chi connectivity index (χ2v) is 4.22. The highest BCUT2D eigenvalue weighted by Gasteiger charge is 2.04. The van der Waals surface area contributed by atoms with Gasteiger partial charge in [-0.2, -0.15) is 0 Å². The van der Waals surface area contributed by atoms with Gasteiger partial charge in [-0.25, -0.2) is 4.39 Å². The topological polar surface area (TPSA) is 21.3 Å². The third-order valence-electron chi connectivity index (χ3n) is 2.08. The molecule has 0 radical (unpaired) electrons. The van der Waals surface area contributed by atoms with Crippen molar-refractivity contribution in [1.29, 1.82) is 0 Å². The van der Waals surface area contributed by atoms with E-state index in [4.69, 9.17) is 16.3 Å². The van der Waals surface area contributed by atoms with Gasteiger partial charge < -0.3 is 10.1 Å². The minimum atomic E-state index is -0.346. The van der Waals surface area contributed by atoms with E-state index in [2.05, 4.69) is 5.32 Å². The first kappa shape index (κ1) is 13.4. The lowest BCUT2D eigenvalue weighted by Gasteiger charge is -2.09. The molecule has 0 aliphatic rings. The molecule has 1 N–H and O–H groups in total. The molecular formula is C12H17ClFNO. The van der Waals surface area contributed by atoms with E-state index in [1.165, 1.54) is 0 Å². The number of halogens is 2. The zero-order valence-corrected chi connectivity index (χ0v) is 10.4. The molecule has 0 heterocycles. The Hall–Kier alpha value is -0.640. The van der Waals surface area contributed by atoms with Gasteiger partial charge in [-0.1, -0.05) is 23.7 Å². The first-order chi connectivity index (χ1) is 7.61. The Morgan fingerprint density at radius 3 is 2.88 bits per heavy atom. The van der Waals surface area contributed by atoms with Gasteiger partial charge in [-0.05, 0) is 19.9 Å². The van der Waals surface area contributed by atoms with Crippen molar-refractivity contribution in [3.05, 3.63) is 34.6 Å². The van der Waals surface area contributed by atoms with Crippen LogP contribution in [0.25, 0.3) is 0 Å². The fraction of sp³-hybridized carbons (Fsp3) is 0.500. The van der Waals surface area contributed by atoms with E-state index in [0.717, 1.165) is 0 Å². The fourth-order valence-corrected chi connectivity index (χ4v) is 1.47. The summed E-state index contributed by atoms with van der Waals surface area (Å²) in [4.78, 5) is 0. The maximum absolute atomic E-state index is 13.4. The van der Waals surface area contributed by atoms with Crippen LogP contribution in [0.2, 0.25) is 5.02 Å². The van der Waals surface area contributed by atoms with Crippen molar-refractivity contribution in [2.75, 3.05) is 13.2 Å². The molecule has 0 saturated heterocycles. The van der Waals surface area contributed by atoms with Crippen molar-refractivity contribution >= 4 is 11.6 Å². The summed E-state index contributed by atoms with van der Waals surface area (Å²) >= 11 is 5.67. The molecule has 16 heavy (non-hydrogen) atoms. The van der Waals surface area contributed by atoms with Gasteiger partial charge in [0.05, 0.1) is 17.7 Å². The second kappa shape index (κ2) is 6.84. The summed E-state index contributed by atoms with van der Waals surface area (Å²) in [7, 11) is 0. The van der Waals surface area contributed by atoms with E-state index in [1.807, 2.05) is 13.8 Å². The fourth-order valence-electron chi connectivity index (χ4n) is 1.27. The number of hydrogen-bond donors (Lipinski definition) is 1. The number of rotatable bonds is 6. The molecule has 0 spiro atoms. The highest BCUT2D eigenvalue weighted by molar-refractivity contribution is 6.30. The van der Waals surface area contributed by atoms with E-state index in [0.29, 0.717) is 25.3 Å². The average molecular weight is 246 g/mol. The molecule has 1 rings (SSSR count). The molecule has 0 aliphatic carbocycles. The molecule has 1 aromatic rings. The molecule has 0 saturated carbocycles. The van der Waals surface area contributed by atoms with Gasteiger partial charge in [0.2, 0.25) is 0 Å². The van der Waals surface area contributed by atoms with Crippen LogP contribution in [-0.4, -0.2) is 19.3 Å². The quantitative estimate of drug-likeness (QED) is 0.778. The molecule has 0 fully saturated rings. The summed E-state index contributed by atoms with van der Waals surface area (Å²) in [6, 6.07) is 5.01. The smallest absolute Gasteiger partial charge is 0.146 e. The van der Waals surface area contributed by atoms with Gasteiger partial charge in [-0.3, -0.25) is 0 Å². The number of hydrogen-bond acceptors (Lipinski definition) is 2. The van der Waals surface area contributed by atoms with E-state index in [9.17, 15) is 4.39 Å². The van der Waals surface area contributed by atoms with Crippen LogP contribution in [0.3, 0.4) is 0 Å². The standard InChI is InChI=1S/C12H17ClFNO/c1-9(2)16-7-6-15-8-10-4-3-5-11(13)12(10)14/h3-5,9,15H,6-8H2,1-2H3. The van der Waals surface area contributed by atoms with Crippen molar-refractivity contribution < 1.29 is 9.13 Å². The van der Waals surface area contributed by atoms with Crippen molar-refractivity contribution in [2.45, 2.75) is 26.5 Å². The van der Waals surface area contributed by atoms with Gasteiger partial charge in [0.25, 0.3) is 0 Å². The maximum atomic E-state index is 13.4. The van der Waals surface area contributed by atoms with Crippen molar-refractivity contribution in [3.8, 4) is 0 Å². The van der Waals surface area contributed by atoms with Crippen LogP contribution in [-0.2, 0) is 11.3 Å². The average Bonchev–Trinajstić information content (AvgIpc) is 2.23. The third-order valence-corrected chi connectivity index (χ3v) is 2.37. The van der Waals surface area contributed by atoms with Gasteiger partial charge in [-0.15, -0.1) is 0 Å². The lowest BCUT2D eigenvalue weighted by atomic mass is 10.2. The minimum absolute atomic E-state index is 0.165. The molecule has 0 amide bonds. The van der Waals surface area contributed by atoms with Crippen LogP contribution in [0, 0.1) is 5.82 Å². The highest BCUT2D eigenvalue weighted by atomic mass is 35.5. The largest absolute Gasteiger partial charge is 0.377 e. The first-order valence-electron chi connectivity index (χ1n) is 5.36. The predicted octanol–water partition coefficient (Wildman–Crippen LogP) is 2.99. The zero-order chi connectivity index (χ0) is 12.0. The van der Waals surface area contributed by atoms with Gasteiger partial charge in [0.15, 0.2) is 0 Å². The Balaban J connectivity index is 2.29.